The Bertz CT molecular complexity index is 624. The summed E-state index contributed by atoms with van der Waals surface area (Å²) >= 11 is 1.55. The summed E-state index contributed by atoms with van der Waals surface area (Å²) < 4.78 is 5.35. The van der Waals surface area contributed by atoms with Gasteiger partial charge >= 0.3 is 0 Å². The minimum absolute atomic E-state index is 0.0242. The number of ether oxygens (including phenoxy) is 1. The summed E-state index contributed by atoms with van der Waals surface area (Å²) in [5.74, 6) is 1.30. The number of fused-ring (bicyclic) bond motifs is 1. The van der Waals surface area contributed by atoms with E-state index in [4.69, 9.17) is 10.00 Å². The maximum atomic E-state index is 12.5. The van der Waals surface area contributed by atoms with Crippen LogP contribution in [-0.4, -0.2) is 36.3 Å². The van der Waals surface area contributed by atoms with Gasteiger partial charge in [-0.05, 0) is 37.3 Å². The van der Waals surface area contributed by atoms with Gasteiger partial charge in [0.2, 0.25) is 0 Å². The van der Waals surface area contributed by atoms with Gasteiger partial charge in [-0.25, -0.2) is 0 Å². The molecule has 0 spiro atoms. The van der Waals surface area contributed by atoms with E-state index in [0.29, 0.717) is 23.4 Å². The largest absolute Gasteiger partial charge is 0.482 e. The van der Waals surface area contributed by atoms with Crippen molar-refractivity contribution in [1.29, 1.82) is 5.26 Å². The highest BCUT2D eigenvalue weighted by Crippen LogP contribution is 2.32. The van der Waals surface area contributed by atoms with Crippen LogP contribution in [0.1, 0.15) is 30.1 Å². The predicted octanol–water partition coefficient (Wildman–Crippen LogP) is 2.65. The summed E-state index contributed by atoms with van der Waals surface area (Å²) in [5.41, 5.74) is 1.20. The van der Waals surface area contributed by atoms with Crippen LogP contribution in [0.4, 0.5) is 5.69 Å². The maximum absolute atomic E-state index is 12.5. The number of thioether (sulfide) groups is 1. The van der Waals surface area contributed by atoms with Crippen LogP contribution in [0.2, 0.25) is 0 Å². The Morgan fingerprint density at radius 3 is 3.05 bits per heavy atom. The number of Topliss-reactive ketones (excluding diaryl/α,β-unsaturated/α-hetero) is 1. The van der Waals surface area contributed by atoms with Crippen LogP contribution < -0.4 is 9.64 Å². The average Bonchev–Trinajstić information content (AvgIpc) is 2.54. The molecule has 22 heavy (non-hydrogen) atoms. The lowest BCUT2D eigenvalue weighted by Gasteiger charge is -2.26. The third-order valence-corrected chi connectivity index (χ3v) is 4.74. The first-order valence-electron chi connectivity index (χ1n) is 7.10. The fraction of sp³-hybridized carbons (Fsp3) is 0.438. The van der Waals surface area contributed by atoms with Gasteiger partial charge < -0.3 is 9.64 Å². The monoisotopic (exact) mass is 318 g/mol. The molecule has 0 aromatic heterocycles. The fourth-order valence-electron chi connectivity index (χ4n) is 2.15. The van der Waals surface area contributed by atoms with Crippen molar-refractivity contribution in [2.45, 2.75) is 25.0 Å². The van der Waals surface area contributed by atoms with Gasteiger partial charge in [-0.1, -0.05) is 0 Å². The Hall–Kier alpha value is -2.00. The van der Waals surface area contributed by atoms with Crippen molar-refractivity contribution in [2.24, 2.45) is 0 Å². The topological polar surface area (TPSA) is 70.4 Å². The molecule has 6 heteroatoms. The average molecular weight is 318 g/mol. The van der Waals surface area contributed by atoms with Crippen LogP contribution >= 0.6 is 11.8 Å². The van der Waals surface area contributed by atoms with E-state index in [-0.39, 0.29) is 23.5 Å². The van der Waals surface area contributed by atoms with E-state index in [9.17, 15) is 9.59 Å². The number of hydrogen-bond acceptors (Lipinski definition) is 5. The Balaban J connectivity index is 2.08. The van der Waals surface area contributed by atoms with E-state index in [1.165, 1.54) is 4.90 Å². The lowest BCUT2D eigenvalue weighted by molar-refractivity contribution is -0.120. The van der Waals surface area contributed by atoms with Gasteiger partial charge in [-0.2, -0.15) is 17.0 Å². The van der Waals surface area contributed by atoms with Gasteiger partial charge in [0, 0.05) is 19.0 Å². The van der Waals surface area contributed by atoms with E-state index < -0.39 is 0 Å². The Morgan fingerprint density at radius 1 is 1.55 bits per heavy atom. The molecule has 1 aliphatic rings. The van der Waals surface area contributed by atoms with Crippen LogP contribution in [0, 0.1) is 11.3 Å². The number of likely N-dealkylation sites (N-methyl/N-ethyl adjacent to an activating group) is 1. The zero-order valence-corrected chi connectivity index (χ0v) is 13.5. The van der Waals surface area contributed by atoms with Crippen molar-refractivity contribution in [2.75, 3.05) is 24.3 Å². The normalized spacial score (nSPS) is 14.8. The first-order chi connectivity index (χ1) is 10.5. The van der Waals surface area contributed by atoms with Crippen LogP contribution in [0.25, 0.3) is 0 Å². The molecule has 0 radical (unpaired) electrons. The van der Waals surface area contributed by atoms with Crippen LogP contribution in [0.3, 0.4) is 0 Å². The molecule has 1 aromatic carbocycles. The molecule has 0 aliphatic carbocycles. The molecule has 1 heterocycles. The Kier molecular flexibility index (Phi) is 5.45. The Labute approximate surface area is 134 Å². The summed E-state index contributed by atoms with van der Waals surface area (Å²) in [4.78, 5) is 25.6. The molecule has 0 fully saturated rings. The number of hydrogen-bond donors (Lipinski definition) is 0. The maximum Gasteiger partial charge on any atom is 0.264 e. The molecule has 2 rings (SSSR count). The highest BCUT2D eigenvalue weighted by molar-refractivity contribution is 8.00. The van der Waals surface area contributed by atoms with Gasteiger partial charge in [0.05, 0.1) is 17.0 Å². The molecule has 1 unspecified atom stereocenters. The van der Waals surface area contributed by atoms with Crippen molar-refractivity contribution in [3.05, 3.63) is 23.8 Å². The number of benzene rings is 1. The number of amides is 1. The van der Waals surface area contributed by atoms with Gasteiger partial charge in [0.15, 0.2) is 12.4 Å². The molecule has 116 valence electrons. The third-order valence-electron chi connectivity index (χ3n) is 3.50. The molecule has 0 N–H and O–H groups in total. The highest BCUT2D eigenvalue weighted by Gasteiger charge is 2.24. The van der Waals surface area contributed by atoms with Crippen molar-refractivity contribution in [3.63, 3.8) is 0 Å². The van der Waals surface area contributed by atoms with Crippen molar-refractivity contribution < 1.29 is 14.3 Å². The second-order valence-corrected chi connectivity index (χ2v) is 6.51. The van der Waals surface area contributed by atoms with E-state index in [0.717, 1.165) is 12.2 Å². The summed E-state index contributed by atoms with van der Waals surface area (Å²) in [7, 11) is 1.68. The lowest BCUT2D eigenvalue weighted by Crippen LogP contribution is -2.35. The van der Waals surface area contributed by atoms with Crippen molar-refractivity contribution in [1.82, 2.24) is 0 Å². The molecule has 0 saturated carbocycles. The zero-order valence-electron chi connectivity index (χ0n) is 12.7. The molecule has 1 amide bonds. The second-order valence-electron chi connectivity index (χ2n) is 5.06. The van der Waals surface area contributed by atoms with Crippen molar-refractivity contribution in [3.8, 4) is 11.8 Å². The quantitative estimate of drug-likeness (QED) is 0.595. The van der Waals surface area contributed by atoms with Crippen molar-refractivity contribution >= 4 is 29.1 Å². The minimum Gasteiger partial charge on any atom is -0.482 e. The number of ketones is 1. The van der Waals surface area contributed by atoms with Gasteiger partial charge in [0.1, 0.15) is 5.75 Å². The van der Waals surface area contributed by atoms with E-state index in [1.54, 1.807) is 37.0 Å². The number of nitrogens with zero attached hydrogens (tertiary/aromatic N) is 2. The number of carbonyl (C=O) groups is 2. The van der Waals surface area contributed by atoms with Crippen LogP contribution in [0.5, 0.6) is 5.75 Å². The van der Waals surface area contributed by atoms with Gasteiger partial charge in [-0.15, -0.1) is 0 Å². The predicted molar refractivity (Wildman–Crippen MR) is 86.4 cm³/mol. The highest BCUT2D eigenvalue weighted by atomic mass is 32.2. The fourth-order valence-corrected chi connectivity index (χ4v) is 3.10. The molecule has 1 aromatic rings. The van der Waals surface area contributed by atoms with Gasteiger partial charge in [-0.3, -0.25) is 9.59 Å². The molecule has 1 aliphatic heterocycles. The molecule has 0 saturated heterocycles. The van der Waals surface area contributed by atoms with E-state index in [1.807, 2.05) is 6.92 Å². The second kappa shape index (κ2) is 7.32. The summed E-state index contributed by atoms with van der Waals surface area (Å²) in [5, 5.41) is 8.33. The number of nitriles is 1. The Morgan fingerprint density at radius 2 is 2.32 bits per heavy atom. The summed E-state index contributed by atoms with van der Waals surface area (Å²) in [6.45, 7) is 1.89. The SMILES string of the molecule is CC(SCCCC#N)C(=O)c1ccc2c(c1)N(C)C(=O)CO2. The number of rotatable bonds is 6. The van der Waals surface area contributed by atoms with Crippen LogP contribution in [-0.2, 0) is 4.79 Å². The molecule has 5 nitrogen and oxygen atoms in total. The molecule has 1 atom stereocenters. The number of unbranched alkanes of at least 4 members (excludes halogenated alkanes) is 1. The molecule has 0 bridgehead atoms. The summed E-state index contributed by atoms with van der Waals surface area (Å²) in [6, 6.07) is 7.27. The molecular formula is C16H18N2O3S. The minimum atomic E-state index is -0.178. The van der Waals surface area contributed by atoms with E-state index >= 15 is 0 Å². The number of carbonyl (C=O) groups excluding carboxylic acids is 2. The van der Waals surface area contributed by atoms with Crippen LogP contribution in [0.15, 0.2) is 18.2 Å². The first kappa shape index (κ1) is 16.4. The van der Waals surface area contributed by atoms with Gasteiger partial charge in [0.25, 0.3) is 5.91 Å². The number of anilines is 1. The lowest BCUT2D eigenvalue weighted by atomic mass is 10.1. The third kappa shape index (κ3) is 3.60. The molecular weight excluding hydrogens is 300 g/mol. The summed E-state index contributed by atoms with van der Waals surface area (Å²) in [6.07, 6.45) is 1.30. The van der Waals surface area contributed by atoms with E-state index in [2.05, 4.69) is 6.07 Å². The standard InChI is InChI=1S/C16H18N2O3S/c1-11(22-8-4-3-7-17)16(20)12-5-6-14-13(9-12)18(2)15(19)10-21-14/h5-6,9,11H,3-4,8,10H2,1-2H3. The first-order valence-corrected chi connectivity index (χ1v) is 8.15. The smallest absolute Gasteiger partial charge is 0.264 e. The zero-order chi connectivity index (χ0) is 16.1.